The predicted octanol–water partition coefficient (Wildman–Crippen LogP) is 6.69. The Bertz CT molecular complexity index is 1870. The van der Waals surface area contributed by atoms with Crippen LogP contribution in [-0.4, -0.2) is 34.7 Å². The van der Waals surface area contributed by atoms with Crippen LogP contribution in [-0.2, 0) is 14.3 Å². The molecule has 2 aliphatic carbocycles. The van der Waals surface area contributed by atoms with Crippen molar-refractivity contribution in [3.05, 3.63) is 107 Å². The summed E-state index contributed by atoms with van der Waals surface area (Å²) in [4.78, 5) is 59.1. The van der Waals surface area contributed by atoms with Crippen LogP contribution >= 0.6 is 11.6 Å². The Hall–Kier alpha value is -4.62. The van der Waals surface area contributed by atoms with E-state index in [0.29, 0.717) is 38.4 Å². The number of amides is 2. The van der Waals surface area contributed by atoms with Crippen molar-refractivity contribution in [3.8, 4) is 11.3 Å². The van der Waals surface area contributed by atoms with Crippen molar-refractivity contribution in [2.24, 2.45) is 23.7 Å². The minimum atomic E-state index is -1.01. The standard InChI is InChI=1S/C35H27ClN2O5/c1-18-14-22-15-25(18)31-30(22)33(40)38(34(31)41)24-11-8-20(9-12-24)29-17-27(26-16-23(36)10-13-28(26)37-29)35(42)43-19(2)32(39)21-6-4-3-5-7-21/h3-14,16-17,19,22,25,30-31H,15H2,1-2H3. The van der Waals surface area contributed by atoms with Crippen molar-refractivity contribution in [1.82, 2.24) is 4.98 Å². The average molecular weight is 591 g/mol. The number of pyridine rings is 1. The average Bonchev–Trinajstić information content (AvgIpc) is 3.66. The number of rotatable bonds is 6. The summed E-state index contributed by atoms with van der Waals surface area (Å²) in [5.74, 6) is -1.53. The number of ketones is 1. The van der Waals surface area contributed by atoms with Crippen LogP contribution in [0.25, 0.3) is 22.2 Å². The number of hydrogen-bond acceptors (Lipinski definition) is 6. The Morgan fingerprint density at radius 2 is 1.67 bits per heavy atom. The van der Waals surface area contributed by atoms with Gasteiger partial charge in [-0.2, -0.15) is 0 Å². The minimum absolute atomic E-state index is 0.132. The van der Waals surface area contributed by atoms with E-state index in [0.717, 1.165) is 6.42 Å². The molecule has 0 N–H and O–H groups in total. The Morgan fingerprint density at radius 1 is 0.953 bits per heavy atom. The highest BCUT2D eigenvalue weighted by atomic mass is 35.5. The first-order valence-electron chi connectivity index (χ1n) is 14.3. The maximum atomic E-state index is 13.4. The van der Waals surface area contributed by atoms with Gasteiger partial charge in [0, 0.05) is 21.5 Å². The molecule has 2 amide bonds. The first-order valence-corrected chi connectivity index (χ1v) is 14.7. The normalized spacial score (nSPS) is 23.0. The molecule has 43 heavy (non-hydrogen) atoms. The zero-order valence-corrected chi connectivity index (χ0v) is 24.2. The van der Waals surface area contributed by atoms with E-state index in [1.807, 2.05) is 13.0 Å². The molecule has 2 bridgehead atoms. The fraction of sp³-hybridized carbons (Fsp3) is 0.229. The molecule has 0 radical (unpaired) electrons. The van der Waals surface area contributed by atoms with Crippen LogP contribution in [0.15, 0.2) is 90.5 Å². The predicted molar refractivity (Wildman–Crippen MR) is 163 cm³/mol. The van der Waals surface area contributed by atoms with Gasteiger partial charge < -0.3 is 4.74 Å². The molecule has 5 unspecified atom stereocenters. The van der Waals surface area contributed by atoms with Gasteiger partial charge in [-0.05, 0) is 68.5 Å². The summed E-state index contributed by atoms with van der Waals surface area (Å²) in [7, 11) is 0. The van der Waals surface area contributed by atoms with Crippen LogP contribution in [0.3, 0.4) is 0 Å². The second-order valence-electron chi connectivity index (χ2n) is 11.5. The van der Waals surface area contributed by atoms with Gasteiger partial charge in [-0.25, -0.2) is 9.78 Å². The van der Waals surface area contributed by atoms with Gasteiger partial charge >= 0.3 is 5.97 Å². The van der Waals surface area contributed by atoms with Gasteiger partial charge in [0.1, 0.15) is 0 Å². The van der Waals surface area contributed by atoms with E-state index >= 15 is 0 Å². The molecule has 2 fully saturated rings. The summed E-state index contributed by atoms with van der Waals surface area (Å²) in [6.45, 7) is 3.59. The number of carbonyl (C=O) groups is 4. The summed E-state index contributed by atoms with van der Waals surface area (Å²) < 4.78 is 5.62. The summed E-state index contributed by atoms with van der Waals surface area (Å²) >= 11 is 6.26. The van der Waals surface area contributed by atoms with Crippen LogP contribution in [0.1, 0.15) is 41.0 Å². The highest BCUT2D eigenvalue weighted by Gasteiger charge is 2.60. The number of imide groups is 1. The molecule has 5 atom stereocenters. The Labute approximate surface area is 253 Å². The topological polar surface area (TPSA) is 93.6 Å². The third-order valence-electron chi connectivity index (χ3n) is 9.00. The Morgan fingerprint density at radius 3 is 2.42 bits per heavy atom. The zero-order chi connectivity index (χ0) is 30.0. The molecule has 4 aromatic rings. The zero-order valence-electron chi connectivity index (χ0n) is 23.5. The first kappa shape index (κ1) is 27.2. The number of esters is 1. The molecule has 3 aliphatic rings. The molecule has 1 aromatic heterocycles. The number of halogens is 1. The van der Waals surface area contributed by atoms with Crippen molar-refractivity contribution in [2.45, 2.75) is 26.4 Å². The molecule has 1 saturated heterocycles. The summed E-state index contributed by atoms with van der Waals surface area (Å²) in [5.41, 5.74) is 4.09. The molecule has 2 heterocycles. The molecule has 7 nitrogen and oxygen atoms in total. The van der Waals surface area contributed by atoms with Gasteiger partial charge in [0.2, 0.25) is 17.6 Å². The SMILES string of the molecule is CC1=CC2CC1C1C(=O)N(c3ccc(-c4cc(C(=O)OC(C)C(=O)c5ccccc5)c5cc(Cl)ccc5n4)cc3)C(=O)C21. The van der Waals surface area contributed by atoms with Crippen LogP contribution in [0.5, 0.6) is 0 Å². The second-order valence-corrected chi connectivity index (χ2v) is 12.0. The van der Waals surface area contributed by atoms with Crippen LogP contribution in [0.4, 0.5) is 5.69 Å². The van der Waals surface area contributed by atoms with Crippen LogP contribution < -0.4 is 4.90 Å². The molecule has 1 aliphatic heterocycles. The number of benzene rings is 3. The van der Waals surface area contributed by atoms with Crippen molar-refractivity contribution in [3.63, 3.8) is 0 Å². The van der Waals surface area contributed by atoms with E-state index < -0.39 is 12.1 Å². The van der Waals surface area contributed by atoms with Crippen molar-refractivity contribution in [2.75, 3.05) is 4.90 Å². The molecular formula is C35H27ClN2O5. The second kappa shape index (κ2) is 10.3. The fourth-order valence-electron chi connectivity index (χ4n) is 6.94. The molecular weight excluding hydrogens is 564 g/mol. The fourth-order valence-corrected chi connectivity index (χ4v) is 7.11. The van der Waals surface area contributed by atoms with E-state index in [4.69, 9.17) is 21.3 Å². The number of fused-ring (bicyclic) bond motifs is 6. The van der Waals surface area contributed by atoms with Gasteiger partial charge in [-0.1, -0.05) is 65.7 Å². The molecule has 214 valence electrons. The number of aromatic nitrogens is 1. The molecule has 3 aromatic carbocycles. The van der Waals surface area contributed by atoms with Crippen molar-refractivity contribution < 1.29 is 23.9 Å². The smallest absolute Gasteiger partial charge is 0.339 e. The number of Topliss-reactive ketones (excluding diaryl/α,β-unsaturated/α-hetero) is 1. The summed E-state index contributed by atoms with van der Waals surface area (Å²) in [5, 5.41) is 0.924. The highest BCUT2D eigenvalue weighted by Crippen LogP contribution is 2.56. The number of hydrogen-bond donors (Lipinski definition) is 0. The van der Waals surface area contributed by atoms with Crippen LogP contribution in [0.2, 0.25) is 5.02 Å². The number of ether oxygens (including phenoxy) is 1. The van der Waals surface area contributed by atoms with Gasteiger partial charge in [0.05, 0.1) is 34.3 Å². The van der Waals surface area contributed by atoms with E-state index in [2.05, 4.69) is 6.08 Å². The number of anilines is 1. The highest BCUT2D eigenvalue weighted by molar-refractivity contribution is 6.31. The lowest BCUT2D eigenvalue weighted by molar-refractivity contribution is -0.123. The molecule has 8 heteroatoms. The molecule has 0 spiro atoms. The van der Waals surface area contributed by atoms with Gasteiger partial charge in [-0.3, -0.25) is 19.3 Å². The molecule has 7 rings (SSSR count). The Kier molecular flexibility index (Phi) is 6.51. The third kappa shape index (κ3) is 4.46. The van der Waals surface area contributed by atoms with Gasteiger partial charge in [-0.15, -0.1) is 0 Å². The lowest BCUT2D eigenvalue weighted by Crippen LogP contribution is -2.32. The van der Waals surface area contributed by atoms with E-state index in [1.54, 1.807) is 79.7 Å². The monoisotopic (exact) mass is 590 g/mol. The minimum Gasteiger partial charge on any atom is -0.451 e. The number of nitrogens with zero attached hydrogens (tertiary/aromatic N) is 2. The van der Waals surface area contributed by atoms with E-state index in [9.17, 15) is 19.2 Å². The number of carbonyl (C=O) groups excluding carboxylic acids is 4. The largest absolute Gasteiger partial charge is 0.451 e. The van der Waals surface area contributed by atoms with E-state index in [1.165, 1.54) is 10.5 Å². The summed E-state index contributed by atoms with van der Waals surface area (Å²) in [6.07, 6.45) is 2.03. The molecule has 1 saturated carbocycles. The lowest BCUT2D eigenvalue weighted by Gasteiger charge is -2.19. The van der Waals surface area contributed by atoms with Gasteiger partial charge in [0.15, 0.2) is 6.10 Å². The summed E-state index contributed by atoms with van der Waals surface area (Å²) in [6, 6.07) is 22.3. The van der Waals surface area contributed by atoms with Crippen molar-refractivity contribution in [1.29, 1.82) is 0 Å². The van der Waals surface area contributed by atoms with Crippen LogP contribution in [0, 0.1) is 23.7 Å². The van der Waals surface area contributed by atoms with E-state index in [-0.39, 0.29) is 46.8 Å². The van der Waals surface area contributed by atoms with Crippen molar-refractivity contribution >= 4 is 51.8 Å². The first-order chi connectivity index (χ1) is 20.7. The third-order valence-corrected chi connectivity index (χ3v) is 9.24. The van der Waals surface area contributed by atoms with Gasteiger partial charge in [0.25, 0.3) is 0 Å². The maximum Gasteiger partial charge on any atom is 0.339 e. The Balaban J connectivity index is 1.18. The quantitative estimate of drug-likeness (QED) is 0.108. The lowest BCUT2D eigenvalue weighted by atomic mass is 9.82. The number of allylic oxidation sites excluding steroid dienone is 2. The maximum absolute atomic E-state index is 13.4.